The minimum atomic E-state index is -0.198. The van der Waals surface area contributed by atoms with Gasteiger partial charge in [0.05, 0.1) is 24.5 Å². The summed E-state index contributed by atoms with van der Waals surface area (Å²) >= 11 is 0. The van der Waals surface area contributed by atoms with Crippen molar-refractivity contribution in [3.8, 4) is 5.69 Å². The maximum Gasteiger partial charge on any atom is 0.251 e. The summed E-state index contributed by atoms with van der Waals surface area (Å²) in [5, 5.41) is 16.1. The van der Waals surface area contributed by atoms with E-state index in [1.165, 1.54) is 0 Å². The third kappa shape index (κ3) is 3.24. The number of aromatic nitrogens is 2. The molecule has 0 aliphatic rings. The Labute approximate surface area is 118 Å². The molecule has 20 heavy (non-hydrogen) atoms. The Morgan fingerprint density at radius 3 is 2.60 bits per heavy atom. The summed E-state index contributed by atoms with van der Waals surface area (Å²) in [4.78, 5) is 12.0. The number of carbonyl (C=O) groups excluding carboxylic acids is 1. The molecule has 0 aliphatic carbocycles. The van der Waals surface area contributed by atoms with Crippen molar-refractivity contribution in [2.45, 2.75) is 26.3 Å². The van der Waals surface area contributed by atoms with E-state index in [9.17, 15) is 4.79 Å². The van der Waals surface area contributed by atoms with Crippen LogP contribution < -0.4 is 5.32 Å². The van der Waals surface area contributed by atoms with Crippen LogP contribution in [-0.2, 0) is 0 Å². The molecule has 0 spiro atoms. The fourth-order valence-electron chi connectivity index (χ4n) is 1.87. The molecule has 0 aliphatic heterocycles. The summed E-state index contributed by atoms with van der Waals surface area (Å²) in [5.41, 5.74) is 2.56. The monoisotopic (exact) mass is 273 g/mol. The number of nitrogens with one attached hydrogen (secondary N) is 1. The number of hydrogen-bond acceptors (Lipinski definition) is 3. The maximum absolute atomic E-state index is 12.0. The second-order valence-electron chi connectivity index (χ2n) is 4.77. The fraction of sp³-hybridized carbons (Fsp3) is 0.333. The maximum atomic E-state index is 12.0. The third-order valence-electron chi connectivity index (χ3n) is 3.15. The van der Waals surface area contributed by atoms with E-state index in [0.717, 1.165) is 11.3 Å². The van der Waals surface area contributed by atoms with Crippen LogP contribution in [0.2, 0.25) is 0 Å². The van der Waals surface area contributed by atoms with Crippen LogP contribution >= 0.6 is 0 Å². The first-order chi connectivity index (χ1) is 9.63. The van der Waals surface area contributed by atoms with Gasteiger partial charge in [-0.05, 0) is 43.2 Å². The van der Waals surface area contributed by atoms with Gasteiger partial charge in [0.2, 0.25) is 0 Å². The zero-order valence-electron chi connectivity index (χ0n) is 11.7. The van der Waals surface area contributed by atoms with Crippen molar-refractivity contribution in [2.75, 3.05) is 6.61 Å². The van der Waals surface area contributed by atoms with Crippen LogP contribution in [0.4, 0.5) is 0 Å². The summed E-state index contributed by atoms with van der Waals surface area (Å²) in [6.45, 7) is 3.85. The molecule has 1 atom stereocenters. The van der Waals surface area contributed by atoms with Gasteiger partial charge >= 0.3 is 0 Å². The van der Waals surface area contributed by atoms with E-state index in [0.29, 0.717) is 12.0 Å². The van der Waals surface area contributed by atoms with Crippen molar-refractivity contribution < 1.29 is 9.90 Å². The largest absolute Gasteiger partial charge is 0.394 e. The number of aliphatic hydroxyl groups is 1. The molecule has 5 nitrogen and oxygen atoms in total. The van der Waals surface area contributed by atoms with Crippen LogP contribution in [0, 0.1) is 6.92 Å². The van der Waals surface area contributed by atoms with Crippen LogP contribution in [0.1, 0.15) is 29.3 Å². The molecule has 1 heterocycles. The fourth-order valence-corrected chi connectivity index (χ4v) is 1.87. The van der Waals surface area contributed by atoms with Gasteiger partial charge in [-0.15, -0.1) is 0 Å². The predicted octanol–water partition coefficient (Wildman–Crippen LogP) is 1.68. The summed E-state index contributed by atoms with van der Waals surface area (Å²) in [7, 11) is 0. The van der Waals surface area contributed by atoms with Crippen LogP contribution in [0.15, 0.2) is 36.7 Å². The summed E-state index contributed by atoms with van der Waals surface area (Å²) in [6.07, 6.45) is 4.41. The third-order valence-corrected chi connectivity index (χ3v) is 3.15. The van der Waals surface area contributed by atoms with Gasteiger partial charge in [0.15, 0.2) is 0 Å². The predicted molar refractivity (Wildman–Crippen MR) is 76.9 cm³/mol. The lowest BCUT2D eigenvalue weighted by Gasteiger charge is -2.14. The Kier molecular flexibility index (Phi) is 4.53. The molecule has 2 aromatic rings. The van der Waals surface area contributed by atoms with Crippen molar-refractivity contribution in [2.24, 2.45) is 0 Å². The SMILES string of the molecule is CCC(CO)NC(=O)c1ccc(-n2cc(C)cn2)cc1. The number of benzene rings is 1. The first-order valence-electron chi connectivity index (χ1n) is 6.67. The van der Waals surface area contributed by atoms with Gasteiger partial charge in [0.1, 0.15) is 0 Å². The molecule has 1 amide bonds. The van der Waals surface area contributed by atoms with Gasteiger partial charge in [-0.2, -0.15) is 5.10 Å². The molecular formula is C15H19N3O2. The Hall–Kier alpha value is -2.14. The van der Waals surface area contributed by atoms with Crippen LogP contribution in [0.3, 0.4) is 0 Å². The summed E-state index contributed by atoms with van der Waals surface area (Å²) in [6, 6.07) is 7.01. The topological polar surface area (TPSA) is 67.2 Å². The van der Waals surface area contributed by atoms with E-state index >= 15 is 0 Å². The Bertz CT molecular complexity index is 571. The van der Waals surface area contributed by atoms with Gasteiger partial charge in [-0.3, -0.25) is 4.79 Å². The molecule has 106 valence electrons. The van der Waals surface area contributed by atoms with E-state index in [4.69, 9.17) is 5.11 Å². The average molecular weight is 273 g/mol. The number of hydrogen-bond donors (Lipinski definition) is 2. The first kappa shape index (κ1) is 14.3. The lowest BCUT2D eigenvalue weighted by Crippen LogP contribution is -2.36. The van der Waals surface area contributed by atoms with E-state index < -0.39 is 0 Å². The number of amides is 1. The van der Waals surface area contributed by atoms with Crippen LogP contribution in [0.25, 0.3) is 5.69 Å². The highest BCUT2D eigenvalue weighted by Gasteiger charge is 2.11. The van der Waals surface area contributed by atoms with E-state index in [2.05, 4.69) is 10.4 Å². The van der Waals surface area contributed by atoms with Gasteiger partial charge in [0.25, 0.3) is 5.91 Å². The molecule has 1 unspecified atom stereocenters. The highest BCUT2D eigenvalue weighted by atomic mass is 16.3. The second kappa shape index (κ2) is 6.34. The van der Waals surface area contributed by atoms with Crippen LogP contribution in [0.5, 0.6) is 0 Å². The minimum Gasteiger partial charge on any atom is -0.394 e. The lowest BCUT2D eigenvalue weighted by molar-refractivity contribution is 0.0915. The molecule has 0 saturated carbocycles. The highest BCUT2D eigenvalue weighted by molar-refractivity contribution is 5.94. The van der Waals surface area contributed by atoms with Gasteiger partial charge in [-0.25, -0.2) is 4.68 Å². The molecular weight excluding hydrogens is 254 g/mol. The standard InChI is InChI=1S/C15H19N3O2/c1-3-13(10-19)17-15(20)12-4-6-14(7-5-12)18-9-11(2)8-16-18/h4-9,13,19H,3,10H2,1-2H3,(H,17,20). The van der Waals surface area contributed by atoms with Gasteiger partial charge < -0.3 is 10.4 Å². The number of carbonyl (C=O) groups is 1. The van der Waals surface area contributed by atoms with Gasteiger partial charge in [-0.1, -0.05) is 6.92 Å². The molecule has 0 bridgehead atoms. The minimum absolute atomic E-state index is 0.0487. The number of nitrogens with zero attached hydrogens (tertiary/aromatic N) is 2. The average Bonchev–Trinajstić information content (AvgIpc) is 2.91. The molecule has 1 aromatic heterocycles. The highest BCUT2D eigenvalue weighted by Crippen LogP contribution is 2.10. The Morgan fingerprint density at radius 1 is 1.40 bits per heavy atom. The Morgan fingerprint density at radius 2 is 2.10 bits per heavy atom. The Balaban J connectivity index is 2.10. The second-order valence-corrected chi connectivity index (χ2v) is 4.77. The van der Waals surface area contributed by atoms with Crippen molar-refractivity contribution in [1.29, 1.82) is 0 Å². The number of aryl methyl sites for hydroxylation is 1. The zero-order valence-corrected chi connectivity index (χ0v) is 11.7. The first-order valence-corrected chi connectivity index (χ1v) is 6.67. The molecule has 5 heteroatoms. The lowest BCUT2D eigenvalue weighted by atomic mass is 10.1. The number of rotatable bonds is 5. The molecule has 0 radical (unpaired) electrons. The summed E-state index contributed by atoms with van der Waals surface area (Å²) in [5.74, 6) is -0.172. The van der Waals surface area contributed by atoms with E-state index in [1.807, 2.05) is 32.2 Å². The molecule has 0 fully saturated rings. The number of aliphatic hydroxyl groups excluding tert-OH is 1. The molecule has 2 rings (SSSR count). The van der Waals surface area contributed by atoms with Gasteiger partial charge in [0, 0.05) is 11.8 Å². The van der Waals surface area contributed by atoms with E-state index in [-0.39, 0.29) is 18.6 Å². The smallest absolute Gasteiger partial charge is 0.251 e. The summed E-state index contributed by atoms with van der Waals surface area (Å²) < 4.78 is 1.76. The molecule has 0 saturated heterocycles. The zero-order chi connectivity index (χ0) is 14.5. The normalized spacial score (nSPS) is 12.2. The van der Waals surface area contributed by atoms with Crippen LogP contribution in [-0.4, -0.2) is 33.4 Å². The van der Waals surface area contributed by atoms with E-state index in [1.54, 1.807) is 23.0 Å². The van der Waals surface area contributed by atoms with Crippen molar-refractivity contribution in [1.82, 2.24) is 15.1 Å². The molecule has 1 aromatic carbocycles. The van der Waals surface area contributed by atoms with Crippen molar-refractivity contribution >= 4 is 5.91 Å². The quantitative estimate of drug-likeness (QED) is 0.871. The van der Waals surface area contributed by atoms with Crippen molar-refractivity contribution in [3.05, 3.63) is 47.8 Å². The van der Waals surface area contributed by atoms with Crippen molar-refractivity contribution in [3.63, 3.8) is 0 Å². The molecule has 2 N–H and O–H groups in total.